The third-order valence-corrected chi connectivity index (χ3v) is 5.66. The van der Waals surface area contributed by atoms with Crippen LogP contribution >= 0.6 is 0 Å². The maximum absolute atomic E-state index is 13.0. The maximum atomic E-state index is 13.0. The van der Waals surface area contributed by atoms with Crippen LogP contribution in [0.1, 0.15) is 33.6 Å². The van der Waals surface area contributed by atoms with Crippen LogP contribution in [-0.4, -0.2) is 59.4 Å². The van der Waals surface area contributed by atoms with Crippen LogP contribution in [0.15, 0.2) is 54.6 Å². The fourth-order valence-electron chi connectivity index (χ4n) is 3.68. The Balaban J connectivity index is 1.82. The van der Waals surface area contributed by atoms with E-state index in [0.717, 1.165) is 29.1 Å². The van der Waals surface area contributed by atoms with E-state index in [1.165, 1.54) is 12.1 Å². The summed E-state index contributed by atoms with van der Waals surface area (Å²) >= 11 is 0. The molecule has 0 radical (unpaired) electrons. The van der Waals surface area contributed by atoms with Gasteiger partial charge in [0.05, 0.1) is 17.9 Å². The molecule has 1 amide bonds. The summed E-state index contributed by atoms with van der Waals surface area (Å²) in [6, 6.07) is 13.1. The first-order valence-electron chi connectivity index (χ1n) is 12.1. The zero-order chi connectivity index (χ0) is 27.7. The van der Waals surface area contributed by atoms with Crippen LogP contribution < -0.4 is 16.0 Å². The van der Waals surface area contributed by atoms with Crippen LogP contribution in [-0.2, 0) is 12.7 Å². The number of aliphatic hydroxyl groups is 2. The highest BCUT2D eigenvalue weighted by atomic mass is 19.4. The minimum atomic E-state index is -4.54. The van der Waals surface area contributed by atoms with Crippen molar-refractivity contribution in [3.05, 3.63) is 77.0 Å². The molecule has 0 saturated heterocycles. The number of pyridine rings is 1. The number of aromatic nitrogens is 1. The lowest BCUT2D eigenvalue weighted by molar-refractivity contribution is -0.137. The molecule has 8 nitrogen and oxygen atoms in total. The van der Waals surface area contributed by atoms with E-state index in [1.54, 1.807) is 18.2 Å². The first-order chi connectivity index (χ1) is 18.1. The summed E-state index contributed by atoms with van der Waals surface area (Å²) in [4.78, 5) is 19.2. The van der Waals surface area contributed by atoms with Crippen LogP contribution in [0, 0.1) is 6.92 Å². The highest BCUT2D eigenvalue weighted by Crippen LogP contribution is 2.30. The quantitative estimate of drug-likeness (QED) is 0.217. The number of aliphatic hydroxyl groups excluding tert-OH is 2. The van der Waals surface area contributed by atoms with Crippen molar-refractivity contribution in [2.75, 3.05) is 49.3 Å². The minimum Gasteiger partial charge on any atom is -0.396 e. The molecule has 3 aromatic rings. The molecule has 0 aliphatic rings. The normalized spacial score (nSPS) is 11.5. The molecule has 0 spiro atoms. The second kappa shape index (κ2) is 13.2. The predicted molar refractivity (Wildman–Crippen MR) is 142 cm³/mol. The van der Waals surface area contributed by atoms with Crippen LogP contribution in [0.25, 0.3) is 0 Å². The molecule has 0 atom stereocenters. The molecule has 0 aliphatic carbocycles. The van der Waals surface area contributed by atoms with E-state index in [9.17, 15) is 23.1 Å². The molecule has 11 heteroatoms. The lowest BCUT2D eigenvalue weighted by Crippen LogP contribution is -2.22. The zero-order valence-electron chi connectivity index (χ0n) is 21.3. The largest absolute Gasteiger partial charge is 0.416 e. The number of rotatable bonds is 12. The SMILES string of the molecule is Cc1ccc(NC(=O)c2cccc(C(F)(F)F)c2)cc1Nc1cc(CN(C)CCO)nc(NCCCO)c1. The fraction of sp³-hybridized carbons (Fsp3) is 0.333. The van der Waals surface area contributed by atoms with Gasteiger partial charge in [-0.15, -0.1) is 0 Å². The molecule has 3 rings (SSSR count). The van der Waals surface area contributed by atoms with E-state index in [4.69, 9.17) is 5.11 Å². The van der Waals surface area contributed by atoms with Crippen molar-refractivity contribution in [2.45, 2.75) is 26.1 Å². The average Bonchev–Trinajstić information content (AvgIpc) is 2.86. The van der Waals surface area contributed by atoms with Crippen molar-refractivity contribution in [3.8, 4) is 0 Å². The number of nitrogens with zero attached hydrogens (tertiary/aromatic N) is 2. The number of likely N-dealkylation sites (N-methyl/N-ethyl adjacent to an activating group) is 1. The third kappa shape index (κ3) is 8.44. The van der Waals surface area contributed by atoms with Gasteiger partial charge in [-0.3, -0.25) is 9.69 Å². The van der Waals surface area contributed by atoms with E-state index < -0.39 is 17.6 Å². The second-order valence-corrected chi connectivity index (χ2v) is 8.89. The van der Waals surface area contributed by atoms with Crippen molar-refractivity contribution in [3.63, 3.8) is 0 Å². The molecule has 0 unspecified atom stereocenters. The highest BCUT2D eigenvalue weighted by molar-refractivity contribution is 6.04. The van der Waals surface area contributed by atoms with Crippen LogP contribution in [0.3, 0.4) is 0 Å². The van der Waals surface area contributed by atoms with Gasteiger partial charge < -0.3 is 26.2 Å². The van der Waals surface area contributed by atoms with Gasteiger partial charge in [0.2, 0.25) is 0 Å². The molecule has 2 aromatic carbocycles. The van der Waals surface area contributed by atoms with E-state index in [1.807, 2.05) is 31.0 Å². The third-order valence-electron chi connectivity index (χ3n) is 5.66. The van der Waals surface area contributed by atoms with E-state index in [0.29, 0.717) is 43.2 Å². The number of amides is 1. The monoisotopic (exact) mass is 531 g/mol. The minimum absolute atomic E-state index is 0.0221. The van der Waals surface area contributed by atoms with Gasteiger partial charge in [-0.1, -0.05) is 12.1 Å². The smallest absolute Gasteiger partial charge is 0.396 e. The topological polar surface area (TPSA) is 110 Å². The van der Waals surface area contributed by atoms with E-state index in [-0.39, 0.29) is 18.8 Å². The molecule has 0 bridgehead atoms. The number of hydrogen-bond acceptors (Lipinski definition) is 7. The highest BCUT2D eigenvalue weighted by Gasteiger charge is 2.30. The summed E-state index contributed by atoms with van der Waals surface area (Å²) < 4.78 is 39.1. The Kier molecular flexibility index (Phi) is 10.1. The standard InChI is InChI=1S/C27H32F3N5O3/c1-18-7-8-21(34-26(38)19-5-3-6-20(13-19)27(28,29)30)15-24(18)32-22-14-23(17-35(2)10-12-37)33-25(16-22)31-9-4-11-36/h3,5-8,13-16,36-37H,4,9-12,17H2,1-2H3,(H,34,38)(H2,31,32,33). The number of anilines is 4. The van der Waals surface area contributed by atoms with E-state index in [2.05, 4.69) is 20.9 Å². The maximum Gasteiger partial charge on any atom is 0.416 e. The average molecular weight is 532 g/mol. The van der Waals surface area contributed by atoms with Crippen LogP contribution in [0.5, 0.6) is 0 Å². The molecule has 1 heterocycles. The number of carbonyl (C=O) groups is 1. The number of aryl methyl sites for hydroxylation is 1. The fourth-order valence-corrected chi connectivity index (χ4v) is 3.68. The summed E-state index contributed by atoms with van der Waals surface area (Å²) in [6.07, 6.45) is -3.98. The summed E-state index contributed by atoms with van der Waals surface area (Å²) in [5.41, 5.74) is 2.48. The van der Waals surface area contributed by atoms with Crippen molar-refractivity contribution >= 4 is 28.8 Å². The van der Waals surface area contributed by atoms with Gasteiger partial charge in [0.25, 0.3) is 5.91 Å². The molecular weight excluding hydrogens is 499 g/mol. The first-order valence-corrected chi connectivity index (χ1v) is 12.1. The number of nitrogens with one attached hydrogen (secondary N) is 3. The molecule has 0 aliphatic heterocycles. The van der Waals surface area contributed by atoms with Crippen molar-refractivity contribution in [1.29, 1.82) is 0 Å². The molecule has 0 fully saturated rings. The summed E-state index contributed by atoms with van der Waals surface area (Å²) in [7, 11) is 1.87. The van der Waals surface area contributed by atoms with Gasteiger partial charge in [-0.05, 0) is 62.4 Å². The lowest BCUT2D eigenvalue weighted by atomic mass is 10.1. The molecular formula is C27H32F3N5O3. The zero-order valence-corrected chi connectivity index (χ0v) is 21.3. The number of carbonyl (C=O) groups excluding carboxylic acids is 1. The number of hydrogen-bond donors (Lipinski definition) is 5. The van der Waals surface area contributed by atoms with Gasteiger partial charge in [0.1, 0.15) is 5.82 Å². The molecule has 1 aromatic heterocycles. The van der Waals surface area contributed by atoms with Crippen molar-refractivity contribution < 1.29 is 28.2 Å². The van der Waals surface area contributed by atoms with E-state index >= 15 is 0 Å². The Morgan fingerprint density at radius 1 is 1.03 bits per heavy atom. The van der Waals surface area contributed by atoms with Gasteiger partial charge in [-0.2, -0.15) is 13.2 Å². The predicted octanol–water partition coefficient (Wildman–Crippen LogP) is 4.62. The summed E-state index contributed by atoms with van der Waals surface area (Å²) in [5.74, 6) is -0.0399. The van der Waals surface area contributed by atoms with Crippen LogP contribution in [0.4, 0.5) is 36.1 Å². The second-order valence-electron chi connectivity index (χ2n) is 8.89. The Labute approximate surface area is 219 Å². The van der Waals surface area contributed by atoms with Crippen molar-refractivity contribution in [1.82, 2.24) is 9.88 Å². The first kappa shape index (κ1) is 28.9. The van der Waals surface area contributed by atoms with Gasteiger partial charge in [0.15, 0.2) is 0 Å². The summed E-state index contributed by atoms with van der Waals surface area (Å²) in [6.45, 7) is 3.48. The van der Waals surface area contributed by atoms with Gasteiger partial charge in [0, 0.05) is 54.9 Å². The Hall–Kier alpha value is -3.67. The molecule has 38 heavy (non-hydrogen) atoms. The van der Waals surface area contributed by atoms with Crippen molar-refractivity contribution in [2.24, 2.45) is 0 Å². The number of benzene rings is 2. The molecule has 204 valence electrons. The number of alkyl halides is 3. The Bertz CT molecular complexity index is 1240. The summed E-state index contributed by atoms with van der Waals surface area (Å²) in [5, 5.41) is 27.5. The Morgan fingerprint density at radius 2 is 1.82 bits per heavy atom. The number of halogens is 3. The lowest BCUT2D eigenvalue weighted by Gasteiger charge is -2.18. The van der Waals surface area contributed by atoms with Gasteiger partial charge >= 0.3 is 6.18 Å². The molecule has 0 saturated carbocycles. The van der Waals surface area contributed by atoms with Crippen LogP contribution in [0.2, 0.25) is 0 Å². The Morgan fingerprint density at radius 3 is 2.53 bits per heavy atom. The molecule has 5 N–H and O–H groups in total. The van der Waals surface area contributed by atoms with Gasteiger partial charge in [-0.25, -0.2) is 4.98 Å².